The van der Waals surface area contributed by atoms with Crippen molar-refractivity contribution in [2.24, 2.45) is 0 Å². The van der Waals surface area contributed by atoms with Gasteiger partial charge in [0.2, 0.25) is 0 Å². The van der Waals surface area contributed by atoms with Gasteiger partial charge in [0, 0.05) is 28.9 Å². The summed E-state index contributed by atoms with van der Waals surface area (Å²) < 4.78 is 10.1. The van der Waals surface area contributed by atoms with Gasteiger partial charge < -0.3 is 20.1 Å². The Morgan fingerprint density at radius 1 is 0.903 bits per heavy atom. The highest BCUT2D eigenvalue weighted by atomic mass is 16.6. The van der Waals surface area contributed by atoms with Crippen molar-refractivity contribution in [1.82, 2.24) is 5.32 Å². The lowest BCUT2D eigenvalue weighted by Gasteiger charge is -2.20. The molecule has 1 aliphatic rings. The molecule has 0 fully saturated rings. The Bertz CT molecular complexity index is 1040. The number of carbonyl (C=O) groups excluding carboxylic acids is 4. The third-order valence-electron chi connectivity index (χ3n) is 4.41. The number of benzene rings is 2. The Morgan fingerprint density at radius 3 is 2.23 bits per heavy atom. The molecule has 2 aromatic carbocycles. The van der Waals surface area contributed by atoms with Crippen molar-refractivity contribution >= 4 is 29.3 Å². The van der Waals surface area contributed by atoms with Gasteiger partial charge >= 0.3 is 12.1 Å². The molecule has 0 aliphatic heterocycles. The van der Waals surface area contributed by atoms with Crippen LogP contribution in [0.4, 0.5) is 10.5 Å². The minimum atomic E-state index is -0.707. The summed E-state index contributed by atoms with van der Waals surface area (Å²) in [5.74, 6) is -1.05. The van der Waals surface area contributed by atoms with Crippen LogP contribution in [-0.4, -0.2) is 48.9 Å². The highest BCUT2D eigenvalue weighted by Gasteiger charge is 2.31. The molecule has 162 valence electrons. The molecule has 1 aliphatic carbocycles. The Balaban J connectivity index is 1.55. The van der Waals surface area contributed by atoms with Gasteiger partial charge in [-0.3, -0.25) is 14.4 Å². The Hall–Kier alpha value is -3.68. The number of rotatable bonds is 6. The number of ether oxygens (including phenoxy) is 2. The quantitative estimate of drug-likeness (QED) is 0.462. The normalized spacial score (nSPS) is 12.5. The van der Waals surface area contributed by atoms with E-state index in [0.717, 1.165) is 0 Å². The van der Waals surface area contributed by atoms with Crippen molar-refractivity contribution < 1.29 is 28.7 Å². The van der Waals surface area contributed by atoms with E-state index in [9.17, 15) is 19.2 Å². The van der Waals surface area contributed by atoms with Crippen LogP contribution in [0.2, 0.25) is 0 Å². The molecule has 0 heterocycles. The zero-order valence-electron chi connectivity index (χ0n) is 17.6. The van der Waals surface area contributed by atoms with Crippen LogP contribution in [0.15, 0.2) is 42.5 Å². The molecule has 0 radical (unpaired) electrons. The highest BCUT2D eigenvalue weighted by Crippen LogP contribution is 2.31. The SMILES string of the molecule is CC(C)(C)OC(=O)NCC(=O)OCCNc1cccc2c1C(=O)c1ccccc1C2=O. The Morgan fingerprint density at radius 2 is 1.55 bits per heavy atom. The number of nitrogens with one attached hydrogen (secondary N) is 2. The van der Waals surface area contributed by atoms with Gasteiger partial charge in [0.1, 0.15) is 18.8 Å². The monoisotopic (exact) mass is 424 g/mol. The van der Waals surface area contributed by atoms with Crippen LogP contribution in [0.25, 0.3) is 0 Å². The van der Waals surface area contributed by atoms with E-state index in [1.54, 1.807) is 63.2 Å². The first kappa shape index (κ1) is 22.0. The van der Waals surface area contributed by atoms with Gasteiger partial charge in [0.15, 0.2) is 11.6 Å². The van der Waals surface area contributed by atoms with Gasteiger partial charge in [0.05, 0.1) is 5.56 Å². The van der Waals surface area contributed by atoms with Crippen LogP contribution in [0.5, 0.6) is 0 Å². The van der Waals surface area contributed by atoms with Crippen molar-refractivity contribution in [3.8, 4) is 0 Å². The molecule has 2 N–H and O–H groups in total. The number of ketones is 2. The molecule has 0 aromatic heterocycles. The van der Waals surface area contributed by atoms with Gasteiger partial charge in [0.25, 0.3) is 0 Å². The van der Waals surface area contributed by atoms with Crippen LogP contribution >= 0.6 is 0 Å². The number of esters is 1. The van der Waals surface area contributed by atoms with E-state index in [4.69, 9.17) is 9.47 Å². The summed E-state index contributed by atoms with van der Waals surface area (Å²) in [5, 5.41) is 5.36. The van der Waals surface area contributed by atoms with E-state index in [0.29, 0.717) is 27.9 Å². The van der Waals surface area contributed by atoms with Gasteiger partial charge in [-0.15, -0.1) is 0 Å². The topological polar surface area (TPSA) is 111 Å². The van der Waals surface area contributed by atoms with Gasteiger partial charge in [-0.1, -0.05) is 36.4 Å². The average molecular weight is 424 g/mol. The van der Waals surface area contributed by atoms with Crippen LogP contribution in [0.3, 0.4) is 0 Å². The Labute approximate surface area is 179 Å². The number of alkyl carbamates (subject to hydrolysis) is 1. The number of carbonyl (C=O) groups is 4. The minimum absolute atomic E-state index is 0.0111. The largest absolute Gasteiger partial charge is 0.463 e. The summed E-state index contributed by atoms with van der Waals surface area (Å²) in [6, 6.07) is 11.7. The van der Waals surface area contributed by atoms with E-state index >= 15 is 0 Å². The molecule has 3 rings (SSSR count). The zero-order chi connectivity index (χ0) is 22.6. The fraction of sp³-hybridized carbons (Fsp3) is 0.304. The van der Waals surface area contributed by atoms with E-state index in [2.05, 4.69) is 10.6 Å². The third-order valence-corrected chi connectivity index (χ3v) is 4.41. The molecule has 2 aromatic rings. The van der Waals surface area contributed by atoms with Gasteiger partial charge in [-0.2, -0.15) is 0 Å². The lowest BCUT2D eigenvalue weighted by atomic mass is 9.83. The summed E-state index contributed by atoms with van der Waals surface area (Å²) in [6.45, 7) is 5.07. The molecular weight excluding hydrogens is 400 g/mol. The first-order chi connectivity index (χ1) is 14.7. The molecule has 0 saturated carbocycles. The van der Waals surface area contributed by atoms with Crippen LogP contribution < -0.4 is 10.6 Å². The summed E-state index contributed by atoms with van der Waals surface area (Å²) >= 11 is 0. The molecule has 31 heavy (non-hydrogen) atoms. The highest BCUT2D eigenvalue weighted by molar-refractivity contribution is 6.30. The Kier molecular flexibility index (Phi) is 6.39. The molecule has 1 amide bonds. The standard InChI is InChI=1S/C23H24N2O6/c1-23(2,3)31-22(29)25-13-18(26)30-12-11-24-17-10-6-9-16-19(17)21(28)15-8-5-4-7-14(15)20(16)27/h4-10,24H,11-13H2,1-3H3,(H,25,29). The van der Waals surface area contributed by atoms with E-state index in [-0.39, 0.29) is 31.3 Å². The van der Waals surface area contributed by atoms with Crippen LogP contribution in [0.1, 0.15) is 52.6 Å². The number of hydrogen-bond donors (Lipinski definition) is 2. The lowest BCUT2D eigenvalue weighted by Crippen LogP contribution is -2.36. The number of fused-ring (bicyclic) bond motifs is 2. The van der Waals surface area contributed by atoms with Crippen molar-refractivity contribution in [2.45, 2.75) is 26.4 Å². The maximum Gasteiger partial charge on any atom is 0.408 e. The lowest BCUT2D eigenvalue weighted by molar-refractivity contribution is -0.142. The fourth-order valence-electron chi connectivity index (χ4n) is 3.15. The van der Waals surface area contributed by atoms with Crippen molar-refractivity contribution in [1.29, 1.82) is 0 Å². The second-order valence-corrected chi connectivity index (χ2v) is 7.93. The number of amides is 1. The molecule has 0 bridgehead atoms. The summed E-state index contributed by atoms with van der Waals surface area (Å²) in [6.07, 6.45) is -0.707. The summed E-state index contributed by atoms with van der Waals surface area (Å²) in [7, 11) is 0. The molecule has 8 nitrogen and oxygen atoms in total. The van der Waals surface area contributed by atoms with Gasteiger partial charge in [-0.25, -0.2) is 4.79 Å². The predicted octanol–water partition coefficient (Wildman–Crippen LogP) is 2.94. The van der Waals surface area contributed by atoms with E-state index in [1.807, 2.05) is 0 Å². The van der Waals surface area contributed by atoms with Crippen molar-refractivity contribution in [3.05, 3.63) is 64.7 Å². The van der Waals surface area contributed by atoms with Crippen molar-refractivity contribution in [2.75, 3.05) is 25.0 Å². The fourth-order valence-corrected chi connectivity index (χ4v) is 3.15. The first-order valence-electron chi connectivity index (χ1n) is 9.85. The molecule has 0 atom stereocenters. The summed E-state index contributed by atoms with van der Waals surface area (Å²) in [4.78, 5) is 49.0. The van der Waals surface area contributed by atoms with Crippen molar-refractivity contribution in [3.63, 3.8) is 0 Å². The second kappa shape index (κ2) is 8.99. The molecule has 0 unspecified atom stereocenters. The molecular formula is C23H24N2O6. The van der Waals surface area contributed by atoms with Crippen LogP contribution in [0, 0.1) is 0 Å². The number of hydrogen-bond acceptors (Lipinski definition) is 7. The third kappa shape index (κ3) is 5.28. The zero-order valence-corrected chi connectivity index (χ0v) is 17.6. The van der Waals surface area contributed by atoms with E-state index in [1.165, 1.54) is 0 Å². The number of anilines is 1. The average Bonchev–Trinajstić information content (AvgIpc) is 2.72. The summed E-state index contributed by atoms with van der Waals surface area (Å²) in [5.41, 5.74) is 1.24. The first-order valence-corrected chi connectivity index (χ1v) is 9.85. The molecule has 0 saturated heterocycles. The maximum atomic E-state index is 12.9. The van der Waals surface area contributed by atoms with E-state index < -0.39 is 17.7 Å². The van der Waals surface area contributed by atoms with Crippen LogP contribution in [-0.2, 0) is 14.3 Å². The molecule has 0 spiro atoms. The second-order valence-electron chi connectivity index (χ2n) is 7.93. The minimum Gasteiger partial charge on any atom is -0.463 e. The maximum absolute atomic E-state index is 12.9. The van der Waals surface area contributed by atoms with Gasteiger partial charge in [-0.05, 0) is 26.8 Å². The smallest absolute Gasteiger partial charge is 0.408 e. The predicted molar refractivity (Wildman–Crippen MR) is 113 cm³/mol. The molecule has 8 heteroatoms.